The van der Waals surface area contributed by atoms with E-state index in [2.05, 4.69) is 31.4 Å². The first-order valence-electron chi connectivity index (χ1n) is 7.52. The van der Waals surface area contributed by atoms with Crippen LogP contribution in [0.15, 0.2) is 0 Å². The molecule has 0 rings (SSSR count). The van der Waals surface area contributed by atoms with Crippen LogP contribution in [0.5, 0.6) is 0 Å². The van der Waals surface area contributed by atoms with E-state index in [9.17, 15) is 4.79 Å². The maximum atomic E-state index is 11.7. The molecule has 0 spiro atoms. The van der Waals surface area contributed by atoms with Gasteiger partial charge >= 0.3 is 6.09 Å². The summed E-state index contributed by atoms with van der Waals surface area (Å²) in [5.41, 5.74) is -0.439. The average molecular weight is 272 g/mol. The van der Waals surface area contributed by atoms with Crippen LogP contribution < -0.4 is 10.6 Å². The van der Waals surface area contributed by atoms with Crippen LogP contribution in [0.3, 0.4) is 0 Å². The topological polar surface area (TPSA) is 50.4 Å². The number of carbonyl (C=O) groups is 1. The molecule has 0 radical (unpaired) electrons. The molecule has 4 nitrogen and oxygen atoms in total. The second-order valence-corrected chi connectivity index (χ2v) is 6.09. The molecule has 4 heteroatoms. The lowest BCUT2D eigenvalue weighted by Gasteiger charge is -2.24. The Balaban J connectivity index is 3.98. The molecule has 0 fully saturated rings. The molecule has 0 bridgehead atoms. The van der Waals surface area contributed by atoms with Crippen molar-refractivity contribution >= 4 is 6.09 Å². The Bertz CT molecular complexity index is 245. The van der Waals surface area contributed by atoms with Gasteiger partial charge in [0.25, 0.3) is 0 Å². The number of carbonyl (C=O) groups excluding carboxylic acids is 1. The zero-order chi connectivity index (χ0) is 14.9. The van der Waals surface area contributed by atoms with E-state index >= 15 is 0 Å². The maximum Gasteiger partial charge on any atom is 0.407 e. The van der Waals surface area contributed by atoms with E-state index < -0.39 is 5.60 Å². The summed E-state index contributed by atoms with van der Waals surface area (Å²) < 4.78 is 5.26. The predicted molar refractivity (Wildman–Crippen MR) is 80.4 cm³/mol. The summed E-state index contributed by atoms with van der Waals surface area (Å²) in [6.07, 6.45) is 2.96. The zero-order valence-corrected chi connectivity index (χ0v) is 13.5. The van der Waals surface area contributed by atoms with Crippen molar-refractivity contribution in [3.8, 4) is 0 Å². The summed E-state index contributed by atoms with van der Waals surface area (Å²) in [4.78, 5) is 11.7. The number of rotatable bonds is 8. The van der Waals surface area contributed by atoms with E-state index in [1.54, 1.807) is 0 Å². The van der Waals surface area contributed by atoms with Gasteiger partial charge in [0.05, 0.1) is 0 Å². The van der Waals surface area contributed by atoms with Gasteiger partial charge in [-0.2, -0.15) is 0 Å². The standard InChI is InChI=1S/C15H32N2O2/c1-7-12(8-2)10-16-11-13(9-3)17-14(18)19-15(4,5)6/h12-13,16H,7-11H2,1-6H3,(H,17,18). The lowest BCUT2D eigenvalue weighted by atomic mass is 10.0. The summed E-state index contributed by atoms with van der Waals surface area (Å²) in [7, 11) is 0. The van der Waals surface area contributed by atoms with Crippen LogP contribution >= 0.6 is 0 Å². The minimum atomic E-state index is -0.439. The first-order valence-corrected chi connectivity index (χ1v) is 7.52. The van der Waals surface area contributed by atoms with Crippen LogP contribution in [0, 0.1) is 5.92 Å². The third kappa shape index (κ3) is 9.77. The molecule has 2 N–H and O–H groups in total. The maximum absolute atomic E-state index is 11.7. The van der Waals surface area contributed by atoms with Crippen molar-refractivity contribution < 1.29 is 9.53 Å². The highest BCUT2D eigenvalue weighted by Gasteiger charge is 2.18. The van der Waals surface area contributed by atoms with Crippen molar-refractivity contribution in [1.82, 2.24) is 10.6 Å². The summed E-state index contributed by atoms with van der Waals surface area (Å²) in [6.45, 7) is 13.9. The Morgan fingerprint density at radius 1 is 1.05 bits per heavy atom. The molecule has 0 heterocycles. The highest BCUT2D eigenvalue weighted by molar-refractivity contribution is 5.68. The van der Waals surface area contributed by atoms with Gasteiger partial charge in [-0.15, -0.1) is 0 Å². The lowest BCUT2D eigenvalue weighted by Crippen LogP contribution is -2.44. The largest absolute Gasteiger partial charge is 0.444 e. The van der Waals surface area contributed by atoms with Crippen LogP contribution in [-0.4, -0.2) is 30.8 Å². The number of nitrogens with one attached hydrogen (secondary N) is 2. The molecular weight excluding hydrogens is 240 g/mol. The van der Waals surface area contributed by atoms with Crippen molar-refractivity contribution in [3.05, 3.63) is 0 Å². The molecule has 0 aliphatic rings. The second kappa shape index (κ2) is 9.18. The molecule has 0 aromatic heterocycles. The van der Waals surface area contributed by atoms with Crippen molar-refractivity contribution in [2.45, 2.75) is 72.4 Å². The number of alkyl carbamates (subject to hydrolysis) is 1. The fraction of sp³-hybridized carbons (Fsp3) is 0.933. The molecule has 0 aliphatic carbocycles. The number of amides is 1. The van der Waals surface area contributed by atoms with Crippen molar-refractivity contribution in [3.63, 3.8) is 0 Å². The highest BCUT2D eigenvalue weighted by atomic mass is 16.6. The summed E-state index contributed by atoms with van der Waals surface area (Å²) >= 11 is 0. The Labute approximate surface area is 118 Å². The van der Waals surface area contributed by atoms with Gasteiger partial charge in [0.15, 0.2) is 0 Å². The lowest BCUT2D eigenvalue weighted by molar-refractivity contribution is 0.0502. The molecule has 114 valence electrons. The molecule has 1 unspecified atom stereocenters. The smallest absolute Gasteiger partial charge is 0.407 e. The van der Waals surface area contributed by atoms with Crippen LogP contribution in [0.1, 0.15) is 60.8 Å². The molecule has 0 saturated heterocycles. The van der Waals surface area contributed by atoms with Crippen LogP contribution in [0.4, 0.5) is 4.79 Å². The summed E-state index contributed by atoms with van der Waals surface area (Å²) in [5, 5.41) is 6.35. The van der Waals surface area contributed by atoms with Gasteiger partial charge in [-0.05, 0) is 39.7 Å². The van der Waals surface area contributed by atoms with E-state index in [0.717, 1.165) is 25.4 Å². The van der Waals surface area contributed by atoms with Gasteiger partial charge in [0, 0.05) is 12.6 Å². The van der Waals surface area contributed by atoms with Crippen LogP contribution in [-0.2, 0) is 4.74 Å². The predicted octanol–water partition coefficient (Wildman–Crippen LogP) is 3.32. The Morgan fingerprint density at radius 3 is 2.05 bits per heavy atom. The van der Waals surface area contributed by atoms with E-state index in [4.69, 9.17) is 4.74 Å². The van der Waals surface area contributed by atoms with E-state index in [0.29, 0.717) is 0 Å². The second-order valence-electron chi connectivity index (χ2n) is 6.09. The van der Waals surface area contributed by atoms with Gasteiger partial charge < -0.3 is 15.4 Å². The molecule has 0 aromatic rings. The van der Waals surface area contributed by atoms with E-state index in [1.807, 2.05) is 20.8 Å². The highest BCUT2D eigenvalue weighted by Crippen LogP contribution is 2.07. The molecule has 19 heavy (non-hydrogen) atoms. The SMILES string of the molecule is CCC(CC)CNCC(CC)NC(=O)OC(C)(C)C. The van der Waals surface area contributed by atoms with E-state index in [1.165, 1.54) is 12.8 Å². The monoisotopic (exact) mass is 272 g/mol. The molecule has 1 amide bonds. The third-order valence-corrected chi connectivity index (χ3v) is 3.19. The van der Waals surface area contributed by atoms with Gasteiger partial charge in [-0.25, -0.2) is 4.79 Å². The molecule has 1 atom stereocenters. The van der Waals surface area contributed by atoms with Crippen molar-refractivity contribution in [2.24, 2.45) is 5.92 Å². The van der Waals surface area contributed by atoms with Crippen molar-refractivity contribution in [1.29, 1.82) is 0 Å². The summed E-state index contributed by atoms with van der Waals surface area (Å²) in [5.74, 6) is 0.721. The van der Waals surface area contributed by atoms with Gasteiger partial charge in [-0.1, -0.05) is 33.6 Å². The molecule has 0 aromatic carbocycles. The Morgan fingerprint density at radius 2 is 1.63 bits per heavy atom. The number of hydrogen-bond donors (Lipinski definition) is 2. The summed E-state index contributed by atoms with van der Waals surface area (Å²) in [6, 6.07) is 0.129. The Kier molecular flexibility index (Phi) is 8.81. The average Bonchev–Trinajstić information content (AvgIpc) is 2.30. The van der Waals surface area contributed by atoms with Gasteiger partial charge in [-0.3, -0.25) is 0 Å². The number of hydrogen-bond acceptors (Lipinski definition) is 3. The number of ether oxygens (including phenoxy) is 1. The zero-order valence-electron chi connectivity index (χ0n) is 13.5. The normalized spacial score (nSPS) is 13.4. The third-order valence-electron chi connectivity index (χ3n) is 3.19. The first kappa shape index (κ1) is 18.2. The molecule has 0 saturated carbocycles. The van der Waals surface area contributed by atoms with Crippen LogP contribution in [0.2, 0.25) is 0 Å². The quantitative estimate of drug-likeness (QED) is 0.712. The van der Waals surface area contributed by atoms with Crippen LogP contribution in [0.25, 0.3) is 0 Å². The van der Waals surface area contributed by atoms with Gasteiger partial charge in [0.1, 0.15) is 5.60 Å². The minimum absolute atomic E-state index is 0.129. The minimum Gasteiger partial charge on any atom is -0.444 e. The first-order chi connectivity index (χ1) is 8.82. The van der Waals surface area contributed by atoms with Gasteiger partial charge in [0.2, 0.25) is 0 Å². The molecule has 0 aliphatic heterocycles. The Hall–Kier alpha value is -0.770. The molecular formula is C15H32N2O2. The van der Waals surface area contributed by atoms with Crippen molar-refractivity contribution in [2.75, 3.05) is 13.1 Å². The van der Waals surface area contributed by atoms with E-state index in [-0.39, 0.29) is 12.1 Å². The fourth-order valence-corrected chi connectivity index (χ4v) is 1.81. The fourth-order valence-electron chi connectivity index (χ4n) is 1.81.